The van der Waals surface area contributed by atoms with E-state index < -0.39 is 0 Å². The molecule has 5 rings (SSSR count). The fourth-order valence-electron chi connectivity index (χ4n) is 3.03. The molecular weight excluding hydrogens is 392 g/mol. The number of H-pyrrole nitrogens is 2. The fourth-order valence-corrected chi connectivity index (χ4v) is 3.20. The van der Waals surface area contributed by atoms with Crippen molar-refractivity contribution in [1.29, 1.82) is 0 Å². The molecular formula is C19H17ClN8O. The number of pyridine rings is 1. The Bertz CT molecular complexity index is 1380. The quantitative estimate of drug-likeness (QED) is 0.396. The Labute approximate surface area is 169 Å². The van der Waals surface area contributed by atoms with Crippen molar-refractivity contribution >= 4 is 47.2 Å². The van der Waals surface area contributed by atoms with Crippen LogP contribution in [0.2, 0.25) is 5.02 Å². The van der Waals surface area contributed by atoms with E-state index in [1.807, 2.05) is 6.07 Å². The van der Waals surface area contributed by atoms with Crippen molar-refractivity contribution in [3.05, 3.63) is 62.5 Å². The standard InChI is InChI=1S/C19H17ClN8O/c1-10-15(26-19(29)23-10)4-11-7-22-28-17(25-13-2-3-13)6-16(27-18(11)28)24-14-5-12(20)8-21-9-14/h4-9,13,25H,1-3H2,(H,24,27)(H2,23,26,29)/b15-4-. The van der Waals surface area contributed by atoms with Crippen molar-refractivity contribution < 1.29 is 0 Å². The van der Waals surface area contributed by atoms with Crippen LogP contribution in [0.1, 0.15) is 18.4 Å². The lowest BCUT2D eigenvalue weighted by molar-refractivity contribution is 0.926. The summed E-state index contributed by atoms with van der Waals surface area (Å²) in [6, 6.07) is 4.11. The molecule has 1 aliphatic carbocycles. The SMILES string of the molecule is C=c1[nH]c(=O)[nH]/c1=C\c1cnn2c(NC3CC3)cc(Nc3cncc(Cl)c3)nc12. The summed E-state index contributed by atoms with van der Waals surface area (Å²) in [7, 11) is 0. The fraction of sp³-hybridized carbons (Fsp3) is 0.158. The highest BCUT2D eigenvalue weighted by atomic mass is 35.5. The molecule has 0 radical (unpaired) electrons. The van der Waals surface area contributed by atoms with E-state index in [0.717, 1.165) is 29.9 Å². The number of aromatic nitrogens is 6. The topological polar surface area (TPSA) is 116 Å². The molecule has 4 aromatic rings. The number of aromatic amines is 2. The Kier molecular flexibility index (Phi) is 4.09. The van der Waals surface area contributed by atoms with Gasteiger partial charge in [0.25, 0.3) is 0 Å². The van der Waals surface area contributed by atoms with Gasteiger partial charge in [0.2, 0.25) is 0 Å². The van der Waals surface area contributed by atoms with Crippen LogP contribution < -0.4 is 27.0 Å². The molecule has 0 bridgehead atoms. The summed E-state index contributed by atoms with van der Waals surface area (Å²) in [5.41, 5.74) is 1.80. The van der Waals surface area contributed by atoms with Crippen molar-refractivity contribution in [2.24, 2.45) is 0 Å². The number of rotatable bonds is 5. The molecule has 9 nitrogen and oxygen atoms in total. The number of anilines is 3. The lowest BCUT2D eigenvalue weighted by atomic mass is 10.3. The van der Waals surface area contributed by atoms with Crippen LogP contribution >= 0.6 is 11.6 Å². The van der Waals surface area contributed by atoms with Gasteiger partial charge in [-0.3, -0.25) is 4.98 Å². The summed E-state index contributed by atoms with van der Waals surface area (Å²) >= 11 is 6.04. The third-order valence-corrected chi connectivity index (χ3v) is 4.75. The van der Waals surface area contributed by atoms with Gasteiger partial charge in [0.05, 0.1) is 33.8 Å². The molecule has 146 valence electrons. The molecule has 0 aromatic carbocycles. The monoisotopic (exact) mass is 408 g/mol. The molecule has 0 atom stereocenters. The van der Waals surface area contributed by atoms with E-state index in [-0.39, 0.29) is 5.69 Å². The van der Waals surface area contributed by atoms with Gasteiger partial charge in [-0.1, -0.05) is 18.2 Å². The first-order valence-electron chi connectivity index (χ1n) is 9.07. The Morgan fingerprint density at radius 1 is 1.24 bits per heavy atom. The second kappa shape index (κ2) is 6.78. The highest BCUT2D eigenvalue weighted by Gasteiger charge is 2.23. The first-order chi connectivity index (χ1) is 14.0. The van der Waals surface area contributed by atoms with Gasteiger partial charge < -0.3 is 20.6 Å². The summed E-state index contributed by atoms with van der Waals surface area (Å²) in [5.74, 6) is 1.45. The first kappa shape index (κ1) is 17.5. The van der Waals surface area contributed by atoms with E-state index in [1.54, 1.807) is 35.2 Å². The van der Waals surface area contributed by atoms with Gasteiger partial charge in [0, 0.05) is 23.9 Å². The van der Waals surface area contributed by atoms with Gasteiger partial charge in [-0.25, -0.2) is 9.78 Å². The van der Waals surface area contributed by atoms with Crippen LogP contribution in [0, 0.1) is 0 Å². The van der Waals surface area contributed by atoms with Gasteiger partial charge in [0.15, 0.2) is 5.65 Å². The van der Waals surface area contributed by atoms with E-state index in [0.29, 0.717) is 33.2 Å². The summed E-state index contributed by atoms with van der Waals surface area (Å²) in [4.78, 5) is 25.7. The zero-order valence-electron chi connectivity index (χ0n) is 15.2. The lowest BCUT2D eigenvalue weighted by Gasteiger charge is -2.11. The third-order valence-electron chi connectivity index (χ3n) is 4.54. The highest BCUT2D eigenvalue weighted by molar-refractivity contribution is 6.30. The maximum atomic E-state index is 11.5. The minimum Gasteiger partial charge on any atom is -0.367 e. The number of imidazole rings is 1. The van der Waals surface area contributed by atoms with Crippen LogP contribution in [-0.4, -0.2) is 35.6 Å². The maximum Gasteiger partial charge on any atom is 0.323 e. The summed E-state index contributed by atoms with van der Waals surface area (Å²) < 4.78 is 1.75. The number of fused-ring (bicyclic) bond motifs is 1. The molecule has 4 heterocycles. The van der Waals surface area contributed by atoms with Crippen LogP contribution in [0.15, 0.2) is 35.5 Å². The van der Waals surface area contributed by atoms with Gasteiger partial charge in [-0.05, 0) is 25.0 Å². The lowest BCUT2D eigenvalue weighted by Crippen LogP contribution is -2.22. The van der Waals surface area contributed by atoms with Crippen LogP contribution in [-0.2, 0) is 0 Å². The maximum absolute atomic E-state index is 11.5. The largest absolute Gasteiger partial charge is 0.367 e. The molecule has 1 aliphatic rings. The average Bonchev–Trinajstić information content (AvgIpc) is 3.31. The number of nitrogens with one attached hydrogen (secondary N) is 4. The van der Waals surface area contributed by atoms with E-state index in [4.69, 9.17) is 16.6 Å². The highest BCUT2D eigenvalue weighted by Crippen LogP contribution is 2.28. The van der Waals surface area contributed by atoms with Gasteiger partial charge in [-0.2, -0.15) is 9.61 Å². The normalized spacial score (nSPS) is 14.4. The zero-order valence-corrected chi connectivity index (χ0v) is 16.0. The molecule has 0 aliphatic heterocycles. The van der Waals surface area contributed by atoms with Crippen LogP contribution in [0.3, 0.4) is 0 Å². The Morgan fingerprint density at radius 2 is 2.10 bits per heavy atom. The first-order valence-corrected chi connectivity index (χ1v) is 9.45. The summed E-state index contributed by atoms with van der Waals surface area (Å²) in [6.45, 7) is 3.84. The molecule has 10 heteroatoms. The molecule has 1 fully saturated rings. The van der Waals surface area contributed by atoms with Crippen LogP contribution in [0.4, 0.5) is 17.3 Å². The van der Waals surface area contributed by atoms with Gasteiger partial charge in [0.1, 0.15) is 11.6 Å². The third kappa shape index (κ3) is 3.59. The molecule has 4 aromatic heterocycles. The predicted octanol–water partition coefficient (Wildman–Crippen LogP) is 1.35. The molecule has 0 spiro atoms. The molecule has 0 unspecified atom stereocenters. The van der Waals surface area contributed by atoms with Crippen LogP contribution in [0.5, 0.6) is 0 Å². The van der Waals surface area contributed by atoms with Crippen molar-refractivity contribution in [2.75, 3.05) is 10.6 Å². The van der Waals surface area contributed by atoms with Gasteiger partial charge >= 0.3 is 5.69 Å². The second-order valence-electron chi connectivity index (χ2n) is 6.91. The van der Waals surface area contributed by atoms with Crippen molar-refractivity contribution in [3.8, 4) is 0 Å². The summed E-state index contributed by atoms with van der Waals surface area (Å²) in [6.07, 6.45) is 8.99. The smallest absolute Gasteiger partial charge is 0.323 e. The number of hydrogen-bond donors (Lipinski definition) is 4. The van der Waals surface area contributed by atoms with Crippen molar-refractivity contribution in [3.63, 3.8) is 0 Å². The van der Waals surface area contributed by atoms with E-state index in [1.165, 1.54) is 0 Å². The van der Waals surface area contributed by atoms with E-state index in [9.17, 15) is 4.79 Å². The van der Waals surface area contributed by atoms with Crippen LogP contribution in [0.25, 0.3) is 18.3 Å². The van der Waals surface area contributed by atoms with Crippen molar-refractivity contribution in [2.45, 2.75) is 18.9 Å². The molecule has 29 heavy (non-hydrogen) atoms. The Balaban J connectivity index is 1.64. The molecule has 1 saturated carbocycles. The molecule has 0 amide bonds. The Hall–Kier alpha value is -3.59. The van der Waals surface area contributed by atoms with Gasteiger partial charge in [-0.15, -0.1) is 0 Å². The summed E-state index contributed by atoms with van der Waals surface area (Å²) in [5, 5.41) is 12.8. The van der Waals surface area contributed by atoms with E-state index in [2.05, 4.69) is 37.3 Å². The predicted molar refractivity (Wildman–Crippen MR) is 112 cm³/mol. The average molecular weight is 409 g/mol. The van der Waals surface area contributed by atoms with E-state index >= 15 is 0 Å². The zero-order chi connectivity index (χ0) is 20.0. The molecule has 0 saturated heterocycles. The minimum absolute atomic E-state index is 0.308. The minimum atomic E-state index is -0.308. The molecule has 4 N–H and O–H groups in total. The second-order valence-corrected chi connectivity index (χ2v) is 7.35. The Morgan fingerprint density at radius 3 is 2.83 bits per heavy atom. The number of hydrogen-bond acceptors (Lipinski definition) is 6. The number of halogens is 1. The van der Waals surface area contributed by atoms with Crippen molar-refractivity contribution in [1.82, 2.24) is 29.5 Å². The number of nitrogens with zero attached hydrogens (tertiary/aromatic N) is 4.